The normalized spacial score (nSPS) is 20.9. The lowest BCUT2D eigenvalue weighted by Crippen LogP contribution is -2.84. The third-order valence-electron chi connectivity index (χ3n) is 13.0. The first kappa shape index (κ1) is 41.6. The predicted molar refractivity (Wildman–Crippen MR) is 236 cm³/mol. The highest BCUT2D eigenvalue weighted by atomic mass is 16.5. The molecular formula is C48H53N8O7+. The van der Waals surface area contributed by atoms with E-state index in [-0.39, 0.29) is 41.8 Å². The van der Waals surface area contributed by atoms with E-state index in [1.165, 1.54) is 14.2 Å². The van der Waals surface area contributed by atoms with E-state index in [4.69, 9.17) is 24.2 Å². The quantitative estimate of drug-likeness (QED) is 0.117. The molecule has 0 spiro atoms. The van der Waals surface area contributed by atoms with Gasteiger partial charge in [0, 0.05) is 23.5 Å². The molecule has 0 saturated carbocycles. The molecule has 2 fully saturated rings. The summed E-state index contributed by atoms with van der Waals surface area (Å²) < 4.78 is 16.2. The molecule has 326 valence electrons. The average molecular weight is 854 g/mol. The van der Waals surface area contributed by atoms with Crippen molar-refractivity contribution in [1.29, 1.82) is 0 Å². The van der Waals surface area contributed by atoms with Crippen LogP contribution in [0.2, 0.25) is 0 Å². The van der Waals surface area contributed by atoms with Gasteiger partial charge in [0.25, 0.3) is 5.91 Å². The molecule has 1 aromatic heterocycles. The molecule has 0 bridgehead atoms. The van der Waals surface area contributed by atoms with E-state index < -0.39 is 24.3 Å². The van der Waals surface area contributed by atoms with Gasteiger partial charge in [0.2, 0.25) is 11.7 Å². The van der Waals surface area contributed by atoms with Crippen molar-refractivity contribution in [1.82, 2.24) is 30.4 Å². The number of alkyl carbamates (subject to hydrolysis) is 2. The van der Waals surface area contributed by atoms with Crippen LogP contribution < -0.4 is 20.7 Å². The molecule has 4 aliphatic rings. The van der Waals surface area contributed by atoms with Crippen LogP contribution in [0.25, 0.3) is 33.2 Å². The molecule has 15 heteroatoms. The van der Waals surface area contributed by atoms with Gasteiger partial charge in [-0.1, -0.05) is 69.3 Å². The second-order valence-corrected chi connectivity index (χ2v) is 17.5. The lowest BCUT2D eigenvalue weighted by molar-refractivity contribution is -0.441. The molecule has 4 aliphatic heterocycles. The average Bonchev–Trinajstić information content (AvgIpc) is 4.12. The zero-order valence-electron chi connectivity index (χ0n) is 36.3. The Morgan fingerprint density at radius 1 is 0.889 bits per heavy atom. The summed E-state index contributed by atoms with van der Waals surface area (Å²) in [6, 6.07) is 21.8. The van der Waals surface area contributed by atoms with Crippen LogP contribution in [0, 0.1) is 11.8 Å². The van der Waals surface area contributed by atoms with Gasteiger partial charge in [-0.3, -0.25) is 14.9 Å². The number of carbonyl (C=O) groups is 4. The Morgan fingerprint density at radius 2 is 1.67 bits per heavy atom. The van der Waals surface area contributed by atoms with Gasteiger partial charge in [-0.05, 0) is 89.9 Å². The smallest absolute Gasteiger partial charge is 0.407 e. The van der Waals surface area contributed by atoms with Gasteiger partial charge < -0.3 is 39.6 Å². The van der Waals surface area contributed by atoms with Crippen LogP contribution >= 0.6 is 0 Å². The Bertz CT molecular complexity index is 2640. The van der Waals surface area contributed by atoms with Crippen molar-refractivity contribution in [3.63, 3.8) is 0 Å². The highest BCUT2D eigenvalue weighted by Crippen LogP contribution is 2.45. The Labute approximate surface area is 365 Å². The minimum atomic E-state index is -0.905. The number of carbonyl (C=O) groups excluding carboxylic acids is 4. The SMILES string of the molecule is COC(=O)N[C@H](C(=O)N1[C@@H](C)CC[C@H]1C1=Nc2ccc3cc4c(cc3c2[NH2+]1)OCc1cc(-c2cnc([C@@H]3C[C@H](C)CN3C(=O)[C@H](NC(=O)OC)c3ccccc3)[nH]2)ccc1-4)C(C)C. The summed E-state index contributed by atoms with van der Waals surface area (Å²) in [6.07, 6.45) is 2.84. The number of nitrogens with two attached hydrogens (primary N) is 1. The summed E-state index contributed by atoms with van der Waals surface area (Å²) >= 11 is 0. The lowest BCUT2D eigenvalue weighted by atomic mass is 9.92. The molecule has 5 N–H and O–H groups in total. The number of methoxy groups -OCH3 is 2. The number of aliphatic imine (C=N–C) groups is 1. The lowest BCUT2D eigenvalue weighted by Gasteiger charge is -2.32. The monoisotopic (exact) mass is 853 g/mol. The first-order valence-electron chi connectivity index (χ1n) is 21.6. The summed E-state index contributed by atoms with van der Waals surface area (Å²) in [4.78, 5) is 69.7. The number of imidazole rings is 1. The standard InChI is InChI=1S/C48H52N8O7/c1-25(2)40(53-47(59)61-5)46(58)56-27(4)12-17-37(56)44-50-35-16-14-29-20-34-32-15-13-30(19-31(32)24-63-39(34)21-33(29)42(35)52-44)36-22-49-43(51-36)38-18-26(3)23-55(38)45(57)41(54-48(60)62-6)28-10-8-7-9-11-28/h7-11,13-16,19-22,25-27,37-38,40-41H,12,17-18,23-24H2,1-6H3,(H,49,51)(H,50,52)(H,53,59)(H,54,60)/p+1/t26-,27-,37-,38-,40-,41+/m0/s1. The van der Waals surface area contributed by atoms with Crippen molar-refractivity contribution in [3.05, 3.63) is 95.9 Å². The number of benzene rings is 4. The number of nitrogens with zero attached hydrogens (tertiary/aromatic N) is 4. The van der Waals surface area contributed by atoms with Gasteiger partial charge in [-0.25, -0.2) is 14.6 Å². The number of nitrogens with one attached hydrogen (secondary N) is 3. The Morgan fingerprint density at radius 3 is 2.43 bits per heavy atom. The number of hydrogen-bond donors (Lipinski definition) is 4. The minimum Gasteiger partial charge on any atom is -0.488 e. The van der Waals surface area contributed by atoms with Crippen LogP contribution in [0.4, 0.5) is 21.0 Å². The molecule has 4 amide bonds. The van der Waals surface area contributed by atoms with Crippen LogP contribution in [0.3, 0.4) is 0 Å². The van der Waals surface area contributed by atoms with Gasteiger partial charge >= 0.3 is 12.2 Å². The van der Waals surface area contributed by atoms with Crippen molar-refractivity contribution in [2.24, 2.45) is 16.8 Å². The molecule has 2 saturated heterocycles. The van der Waals surface area contributed by atoms with Crippen molar-refractivity contribution in [3.8, 4) is 28.1 Å². The highest BCUT2D eigenvalue weighted by molar-refractivity contribution is 6.05. The molecule has 9 rings (SSSR count). The number of quaternary nitrogens is 1. The topological polar surface area (TPSA) is 184 Å². The van der Waals surface area contributed by atoms with E-state index >= 15 is 0 Å². The van der Waals surface area contributed by atoms with E-state index in [1.54, 1.807) is 0 Å². The van der Waals surface area contributed by atoms with Crippen molar-refractivity contribution in [2.75, 3.05) is 20.8 Å². The van der Waals surface area contributed by atoms with Crippen LogP contribution in [0.15, 0.2) is 84.0 Å². The third kappa shape index (κ3) is 7.75. The number of aromatic nitrogens is 2. The van der Waals surface area contributed by atoms with Gasteiger partial charge in [0.15, 0.2) is 5.69 Å². The van der Waals surface area contributed by atoms with Gasteiger partial charge in [-0.2, -0.15) is 4.99 Å². The second-order valence-electron chi connectivity index (χ2n) is 17.5. The molecule has 6 atom stereocenters. The molecular weight excluding hydrogens is 801 g/mol. The number of hydrogen-bond acceptors (Lipinski definition) is 9. The maximum atomic E-state index is 14.2. The summed E-state index contributed by atoms with van der Waals surface area (Å²) in [6.45, 7) is 8.90. The Kier molecular flexibility index (Phi) is 11.1. The Hall–Kier alpha value is -6.74. The molecule has 0 radical (unpaired) electrons. The first-order chi connectivity index (χ1) is 30.4. The van der Waals surface area contributed by atoms with Crippen LogP contribution in [-0.2, 0) is 25.7 Å². The number of rotatable bonds is 9. The first-order valence-corrected chi connectivity index (χ1v) is 21.6. The maximum absolute atomic E-state index is 14.2. The molecule has 0 aliphatic carbocycles. The molecule has 63 heavy (non-hydrogen) atoms. The van der Waals surface area contributed by atoms with E-state index in [1.807, 2.05) is 73.2 Å². The molecule has 15 nitrogen and oxygen atoms in total. The van der Waals surface area contributed by atoms with Crippen LogP contribution in [0.1, 0.15) is 76.0 Å². The van der Waals surface area contributed by atoms with Gasteiger partial charge in [0.1, 0.15) is 42.0 Å². The molecule has 0 unspecified atom stereocenters. The largest absolute Gasteiger partial charge is 0.488 e. The Balaban J connectivity index is 0.939. The minimum absolute atomic E-state index is 0.00956. The van der Waals surface area contributed by atoms with Crippen molar-refractivity contribution in [2.45, 2.75) is 83.8 Å². The number of H-pyrrole nitrogens is 1. The highest BCUT2D eigenvalue weighted by Gasteiger charge is 2.45. The van der Waals surface area contributed by atoms with Crippen molar-refractivity contribution < 1.29 is 38.7 Å². The van der Waals surface area contributed by atoms with E-state index in [2.05, 4.69) is 64.3 Å². The van der Waals surface area contributed by atoms with Crippen LogP contribution in [-0.4, -0.2) is 88.5 Å². The van der Waals surface area contributed by atoms with E-state index in [0.717, 1.165) is 80.9 Å². The third-order valence-corrected chi connectivity index (χ3v) is 13.0. The summed E-state index contributed by atoms with van der Waals surface area (Å²) in [7, 11) is 2.58. The van der Waals surface area contributed by atoms with E-state index in [0.29, 0.717) is 24.5 Å². The molecule has 5 heterocycles. The number of aromatic amines is 1. The van der Waals surface area contributed by atoms with E-state index in [9.17, 15) is 19.2 Å². The maximum Gasteiger partial charge on any atom is 0.407 e. The van der Waals surface area contributed by atoms with Crippen LogP contribution in [0.5, 0.6) is 5.75 Å². The zero-order chi connectivity index (χ0) is 44.1. The fourth-order valence-corrected chi connectivity index (χ4v) is 9.71. The summed E-state index contributed by atoms with van der Waals surface area (Å²) in [5, 5.41) is 9.67. The fourth-order valence-electron chi connectivity index (χ4n) is 9.71. The fraction of sp³-hybridized carbons (Fsp3) is 0.375. The molecule has 4 aromatic carbocycles. The number of amides is 4. The number of amidine groups is 1. The van der Waals surface area contributed by atoms with Gasteiger partial charge in [0.05, 0.1) is 32.2 Å². The zero-order valence-corrected chi connectivity index (χ0v) is 36.3. The predicted octanol–water partition coefficient (Wildman–Crippen LogP) is 6.79. The second kappa shape index (κ2) is 16.9. The number of fused-ring (bicyclic) bond motifs is 6. The summed E-state index contributed by atoms with van der Waals surface area (Å²) in [5.74, 6) is 2.06. The summed E-state index contributed by atoms with van der Waals surface area (Å²) in [5.41, 5.74) is 7.43. The van der Waals surface area contributed by atoms with Crippen molar-refractivity contribution >= 4 is 52.0 Å². The number of ether oxygens (including phenoxy) is 3. The molecule has 5 aromatic rings. The van der Waals surface area contributed by atoms with Gasteiger partial charge in [-0.15, -0.1) is 0 Å². The number of likely N-dealkylation sites (tertiary alicyclic amines) is 2.